The first-order valence-electron chi connectivity index (χ1n) is 13.0. The lowest BCUT2D eigenvalue weighted by Gasteiger charge is -2.56. The van der Waals surface area contributed by atoms with Crippen LogP contribution in [0.5, 0.6) is 0 Å². The summed E-state index contributed by atoms with van der Waals surface area (Å²) in [6, 6.07) is 9.04. The van der Waals surface area contributed by atoms with E-state index in [4.69, 9.17) is 4.74 Å². The highest BCUT2D eigenvalue weighted by Gasteiger charge is 2.66. The van der Waals surface area contributed by atoms with Crippen molar-refractivity contribution < 1.29 is 14.3 Å². The van der Waals surface area contributed by atoms with Crippen LogP contribution in [0.25, 0.3) is 0 Å². The van der Waals surface area contributed by atoms with Crippen LogP contribution in [0.15, 0.2) is 24.3 Å². The number of ether oxygens (including phenoxy) is 1. The van der Waals surface area contributed by atoms with Crippen molar-refractivity contribution in [3.05, 3.63) is 35.4 Å². The van der Waals surface area contributed by atoms with E-state index in [2.05, 4.69) is 49.9 Å². The average Bonchev–Trinajstić information content (AvgIpc) is 3.32. The number of carbonyl (C=O) groups is 2. The molecular weight excluding hydrogens is 412 g/mol. The van der Waals surface area contributed by atoms with Gasteiger partial charge in [-0.2, -0.15) is 0 Å². The van der Waals surface area contributed by atoms with Gasteiger partial charge in [0, 0.05) is 38.0 Å². The number of esters is 1. The zero-order valence-corrected chi connectivity index (χ0v) is 21.0. The van der Waals surface area contributed by atoms with E-state index in [0.717, 1.165) is 51.2 Å². The molecule has 4 atom stereocenters. The van der Waals surface area contributed by atoms with Gasteiger partial charge in [-0.25, -0.2) is 0 Å². The van der Waals surface area contributed by atoms with Crippen LogP contribution in [-0.4, -0.2) is 60.0 Å². The summed E-state index contributed by atoms with van der Waals surface area (Å²) in [5, 5.41) is 0. The number of rotatable bonds is 5. The minimum Gasteiger partial charge on any atom is -0.457 e. The van der Waals surface area contributed by atoms with Crippen LogP contribution in [0.2, 0.25) is 0 Å². The third-order valence-electron chi connectivity index (χ3n) is 8.67. The molecule has 33 heavy (non-hydrogen) atoms. The number of aryl methyl sites for hydroxylation is 1. The van der Waals surface area contributed by atoms with Gasteiger partial charge >= 0.3 is 5.97 Å². The van der Waals surface area contributed by atoms with Gasteiger partial charge in [-0.3, -0.25) is 14.5 Å². The highest BCUT2D eigenvalue weighted by molar-refractivity contribution is 5.67. The highest BCUT2D eigenvalue weighted by atomic mass is 16.6. The van der Waals surface area contributed by atoms with E-state index in [0.29, 0.717) is 5.92 Å². The maximum Gasteiger partial charge on any atom is 0.303 e. The second kappa shape index (κ2) is 9.77. The lowest BCUT2D eigenvalue weighted by atomic mass is 9.61. The maximum absolute atomic E-state index is 12.3. The monoisotopic (exact) mass is 454 g/mol. The van der Waals surface area contributed by atoms with Crippen LogP contribution < -0.4 is 0 Å². The number of amides is 1. The van der Waals surface area contributed by atoms with Gasteiger partial charge in [-0.1, -0.05) is 31.2 Å². The van der Waals surface area contributed by atoms with Crippen LogP contribution in [0, 0.1) is 18.8 Å². The van der Waals surface area contributed by atoms with Gasteiger partial charge in [0.05, 0.1) is 0 Å². The summed E-state index contributed by atoms with van der Waals surface area (Å²) in [4.78, 5) is 26.6. The molecule has 0 aromatic heterocycles. The summed E-state index contributed by atoms with van der Waals surface area (Å²) in [5.74, 6) is 1.30. The van der Waals surface area contributed by atoms with Crippen molar-refractivity contribution in [2.24, 2.45) is 11.8 Å². The quantitative estimate of drug-likeness (QED) is 0.478. The number of carbonyl (C=O) groups excluding carboxylic acids is 2. The fourth-order valence-electron chi connectivity index (χ4n) is 7.05. The van der Waals surface area contributed by atoms with Gasteiger partial charge in [0.25, 0.3) is 0 Å². The van der Waals surface area contributed by atoms with E-state index in [1.165, 1.54) is 43.4 Å². The summed E-state index contributed by atoms with van der Waals surface area (Å²) < 4.78 is 6.35. The van der Waals surface area contributed by atoms with Crippen molar-refractivity contribution >= 4 is 12.4 Å². The first-order valence-corrected chi connectivity index (χ1v) is 13.0. The van der Waals surface area contributed by atoms with Crippen molar-refractivity contribution in [1.29, 1.82) is 0 Å². The van der Waals surface area contributed by atoms with E-state index < -0.39 is 5.60 Å². The molecule has 5 rings (SSSR count). The average molecular weight is 455 g/mol. The van der Waals surface area contributed by atoms with Gasteiger partial charge in [-0.15, -0.1) is 0 Å². The minimum atomic E-state index is -0.405. The molecule has 0 bridgehead atoms. The van der Waals surface area contributed by atoms with Crippen LogP contribution in [0.1, 0.15) is 76.8 Å². The third kappa shape index (κ3) is 4.71. The zero-order valence-electron chi connectivity index (χ0n) is 21.0. The number of hydrogen-bond donors (Lipinski definition) is 0. The number of piperidine rings is 1. The lowest BCUT2D eigenvalue weighted by Crippen LogP contribution is -2.67. The molecule has 2 aliphatic carbocycles. The summed E-state index contributed by atoms with van der Waals surface area (Å²) in [6.45, 7) is 12.7. The normalized spacial score (nSPS) is 33.8. The Morgan fingerprint density at radius 1 is 1.12 bits per heavy atom. The fraction of sp³-hybridized carbons (Fsp3) is 0.714. The summed E-state index contributed by atoms with van der Waals surface area (Å²) in [5.41, 5.74) is 2.28. The smallest absolute Gasteiger partial charge is 0.303 e. The van der Waals surface area contributed by atoms with Crippen LogP contribution in [0.3, 0.4) is 0 Å². The minimum absolute atomic E-state index is 0.0527. The van der Waals surface area contributed by atoms with Gasteiger partial charge in [0.15, 0.2) is 0 Å². The van der Waals surface area contributed by atoms with Crippen LogP contribution in [0.4, 0.5) is 0 Å². The molecule has 4 unspecified atom stereocenters. The van der Waals surface area contributed by atoms with Gasteiger partial charge < -0.3 is 9.64 Å². The number of benzene rings is 1. The molecular formula is C28H42N2O3. The molecule has 4 aliphatic rings. The second-order valence-electron chi connectivity index (χ2n) is 11.1. The van der Waals surface area contributed by atoms with Crippen molar-refractivity contribution in [3.8, 4) is 0 Å². The van der Waals surface area contributed by atoms with E-state index in [9.17, 15) is 9.59 Å². The first-order chi connectivity index (χ1) is 15.8. The number of nitrogens with zero attached hydrogens (tertiary/aromatic N) is 2. The van der Waals surface area contributed by atoms with Gasteiger partial charge in [-0.05, 0) is 88.3 Å². The number of hydrogen-bond acceptors (Lipinski definition) is 4. The molecule has 1 aromatic rings. The third-order valence-corrected chi connectivity index (χ3v) is 8.67. The molecule has 5 heteroatoms. The fourth-order valence-corrected chi connectivity index (χ4v) is 7.05. The summed E-state index contributed by atoms with van der Waals surface area (Å²) in [7, 11) is 0. The summed E-state index contributed by atoms with van der Waals surface area (Å²) in [6.07, 6.45) is 9.22. The first kappa shape index (κ1) is 24.3. The Hall–Kier alpha value is -1.88. The van der Waals surface area contributed by atoms with E-state index in [1.54, 1.807) is 11.8 Å². The van der Waals surface area contributed by atoms with E-state index in [-0.39, 0.29) is 17.4 Å². The summed E-state index contributed by atoms with van der Waals surface area (Å²) >= 11 is 0. The Morgan fingerprint density at radius 3 is 2.39 bits per heavy atom. The molecule has 2 heterocycles. The van der Waals surface area contributed by atoms with Gasteiger partial charge in [0.1, 0.15) is 5.60 Å². The Kier molecular flexibility index (Phi) is 7.18. The Morgan fingerprint density at radius 2 is 1.82 bits per heavy atom. The maximum atomic E-state index is 12.3. The molecule has 2 saturated carbocycles. The van der Waals surface area contributed by atoms with Crippen molar-refractivity contribution in [1.82, 2.24) is 9.80 Å². The standard InChI is InChI=1S/C23H33NO2.C5H9NO/c1-16-13-22(21-8-6-5-7-17(21)2)11-12-24(15-20-9-10-20)18(3)23(22,14-16)26-19(4)25;7-5-6-3-1-2-4-6/h5-8,16,18,20H,9-15H2,1-4H3;5H,1-4H2. The van der Waals surface area contributed by atoms with Crippen molar-refractivity contribution in [3.63, 3.8) is 0 Å². The van der Waals surface area contributed by atoms with Crippen LogP contribution in [-0.2, 0) is 19.7 Å². The number of fused-ring (bicyclic) bond motifs is 1. The van der Waals surface area contributed by atoms with Gasteiger partial charge in [0.2, 0.25) is 6.41 Å². The molecule has 5 nitrogen and oxygen atoms in total. The largest absolute Gasteiger partial charge is 0.457 e. The Bertz CT molecular complexity index is 847. The lowest BCUT2D eigenvalue weighted by molar-refractivity contribution is -0.184. The SMILES string of the molecule is CC(=O)OC12CC(C)CC1(c1ccccc1C)CCN(CC1CC1)C2C.O=CN1CCCC1. The molecule has 0 spiro atoms. The molecule has 2 saturated heterocycles. The predicted molar refractivity (Wildman–Crippen MR) is 131 cm³/mol. The second-order valence-corrected chi connectivity index (χ2v) is 11.1. The Labute approximate surface area is 199 Å². The zero-order chi connectivity index (χ0) is 23.6. The molecule has 0 radical (unpaired) electrons. The molecule has 4 fully saturated rings. The molecule has 2 aliphatic heterocycles. The topological polar surface area (TPSA) is 49.9 Å². The van der Waals surface area contributed by atoms with E-state index >= 15 is 0 Å². The Balaban J connectivity index is 0.000000318. The molecule has 1 aromatic carbocycles. The van der Waals surface area contributed by atoms with Crippen molar-refractivity contribution in [2.45, 2.75) is 89.7 Å². The molecule has 1 amide bonds. The van der Waals surface area contributed by atoms with Crippen molar-refractivity contribution in [2.75, 3.05) is 26.2 Å². The highest BCUT2D eigenvalue weighted by Crippen LogP contribution is 2.60. The van der Waals surface area contributed by atoms with E-state index in [1.807, 2.05) is 0 Å². The predicted octanol–water partition coefficient (Wildman–Crippen LogP) is 4.71. The number of likely N-dealkylation sites (tertiary alicyclic amines) is 2. The molecule has 182 valence electrons. The van der Waals surface area contributed by atoms with Crippen LogP contribution >= 0.6 is 0 Å². The molecule has 0 N–H and O–H groups in total.